The number of hydrogen-bond donors (Lipinski definition) is 0. The Kier molecular flexibility index (Phi) is 4.36. The zero-order chi connectivity index (χ0) is 8.27. The molecule has 12 heavy (non-hydrogen) atoms. The molecule has 1 heterocycles. The highest BCUT2D eigenvalue weighted by atomic mass is 35.5. The van der Waals surface area contributed by atoms with E-state index in [0.29, 0.717) is 12.3 Å². The summed E-state index contributed by atoms with van der Waals surface area (Å²) in [6.45, 7) is 2.15. The Hall–Kier alpha value is -1.03. The van der Waals surface area contributed by atoms with Crippen molar-refractivity contribution in [3.05, 3.63) is 18.0 Å². The van der Waals surface area contributed by atoms with Gasteiger partial charge in [-0.05, 0) is 13.0 Å². The van der Waals surface area contributed by atoms with Crippen molar-refractivity contribution < 1.29 is 9.53 Å². The molecule has 0 N–H and O–H groups in total. The van der Waals surface area contributed by atoms with Crippen LogP contribution in [0.5, 0.6) is 0 Å². The summed E-state index contributed by atoms with van der Waals surface area (Å²) in [5, 5.41) is 3.87. The van der Waals surface area contributed by atoms with Crippen molar-refractivity contribution in [2.24, 2.45) is 7.05 Å². The van der Waals surface area contributed by atoms with Crippen LogP contribution in [0.3, 0.4) is 0 Å². The number of hydrogen-bond acceptors (Lipinski definition) is 3. The third-order valence-electron chi connectivity index (χ3n) is 1.20. The first-order valence-corrected chi connectivity index (χ1v) is 3.41. The predicted molar refractivity (Wildman–Crippen MR) is 46.4 cm³/mol. The molecule has 0 aliphatic heterocycles. The highest BCUT2D eigenvalue weighted by Crippen LogP contribution is 1.96. The van der Waals surface area contributed by atoms with Gasteiger partial charge in [0.2, 0.25) is 0 Å². The Bertz CT molecular complexity index is 260. The van der Waals surface area contributed by atoms with Crippen LogP contribution < -0.4 is 0 Å². The largest absolute Gasteiger partial charge is 0.461 e. The molecular weight excluding hydrogens is 180 g/mol. The number of nitrogens with zero attached hydrogens (tertiary/aromatic N) is 2. The molecular formula is C7H11ClN2O2. The maximum Gasteiger partial charge on any atom is 0.358 e. The molecule has 1 rings (SSSR count). The molecule has 0 aromatic carbocycles. The van der Waals surface area contributed by atoms with Crippen molar-refractivity contribution in [1.29, 1.82) is 0 Å². The van der Waals surface area contributed by atoms with E-state index in [-0.39, 0.29) is 18.4 Å². The number of carbonyl (C=O) groups excluding carboxylic acids is 1. The van der Waals surface area contributed by atoms with Gasteiger partial charge in [-0.15, -0.1) is 12.4 Å². The van der Waals surface area contributed by atoms with Crippen LogP contribution in [-0.2, 0) is 11.8 Å². The van der Waals surface area contributed by atoms with Crippen LogP contribution in [0.1, 0.15) is 17.4 Å². The molecule has 0 saturated heterocycles. The SMILES string of the molecule is CCOC(=O)c1ccn(C)n1.Cl. The van der Waals surface area contributed by atoms with Gasteiger partial charge in [-0.2, -0.15) is 5.10 Å². The normalized spacial score (nSPS) is 8.83. The zero-order valence-corrected chi connectivity index (χ0v) is 7.80. The molecule has 0 atom stereocenters. The molecule has 0 amide bonds. The van der Waals surface area contributed by atoms with Crippen molar-refractivity contribution in [2.75, 3.05) is 6.61 Å². The summed E-state index contributed by atoms with van der Waals surface area (Å²) in [6.07, 6.45) is 1.70. The third kappa shape index (κ3) is 2.54. The van der Waals surface area contributed by atoms with Crippen LogP contribution >= 0.6 is 12.4 Å². The molecule has 0 radical (unpaired) electrons. The standard InChI is InChI=1S/C7H10N2O2.ClH/c1-3-11-7(10)6-4-5-9(2)8-6;/h4-5H,3H2,1-2H3;1H. The summed E-state index contributed by atoms with van der Waals surface area (Å²) >= 11 is 0. The second kappa shape index (κ2) is 4.77. The van der Waals surface area contributed by atoms with Crippen LogP contribution in [0.15, 0.2) is 12.3 Å². The fourth-order valence-electron chi connectivity index (χ4n) is 0.729. The summed E-state index contributed by atoms with van der Waals surface area (Å²) < 4.78 is 6.29. The Balaban J connectivity index is 0.00000121. The highest BCUT2D eigenvalue weighted by Gasteiger charge is 2.07. The Labute approximate surface area is 76.9 Å². The van der Waals surface area contributed by atoms with Gasteiger partial charge in [0.1, 0.15) is 0 Å². The maximum absolute atomic E-state index is 11.0. The quantitative estimate of drug-likeness (QED) is 0.654. The number of esters is 1. The van der Waals surface area contributed by atoms with Crippen molar-refractivity contribution in [2.45, 2.75) is 6.92 Å². The van der Waals surface area contributed by atoms with E-state index >= 15 is 0 Å². The van der Waals surface area contributed by atoms with E-state index in [1.165, 1.54) is 0 Å². The molecule has 0 unspecified atom stereocenters. The van der Waals surface area contributed by atoms with Gasteiger partial charge in [0.05, 0.1) is 6.61 Å². The van der Waals surface area contributed by atoms with Crippen LogP contribution in [0.2, 0.25) is 0 Å². The first-order valence-electron chi connectivity index (χ1n) is 3.41. The number of halogens is 1. The van der Waals surface area contributed by atoms with Gasteiger partial charge in [0.25, 0.3) is 0 Å². The van der Waals surface area contributed by atoms with Gasteiger partial charge in [-0.1, -0.05) is 0 Å². The van der Waals surface area contributed by atoms with E-state index < -0.39 is 0 Å². The monoisotopic (exact) mass is 190 g/mol. The number of carbonyl (C=O) groups is 1. The lowest BCUT2D eigenvalue weighted by Crippen LogP contribution is -2.05. The van der Waals surface area contributed by atoms with Gasteiger partial charge in [0.15, 0.2) is 5.69 Å². The number of aromatic nitrogens is 2. The summed E-state index contributed by atoms with van der Waals surface area (Å²) in [5.74, 6) is -0.367. The van der Waals surface area contributed by atoms with Gasteiger partial charge in [-0.3, -0.25) is 4.68 Å². The smallest absolute Gasteiger partial charge is 0.358 e. The van der Waals surface area contributed by atoms with E-state index in [9.17, 15) is 4.79 Å². The third-order valence-corrected chi connectivity index (χ3v) is 1.20. The lowest BCUT2D eigenvalue weighted by Gasteiger charge is -1.95. The molecule has 1 aromatic heterocycles. The van der Waals surface area contributed by atoms with E-state index in [1.54, 1.807) is 30.9 Å². The van der Waals surface area contributed by atoms with Crippen molar-refractivity contribution in [3.8, 4) is 0 Å². The Morgan fingerprint density at radius 2 is 2.42 bits per heavy atom. The molecule has 0 bridgehead atoms. The lowest BCUT2D eigenvalue weighted by molar-refractivity contribution is 0.0518. The molecule has 4 nitrogen and oxygen atoms in total. The average molecular weight is 191 g/mol. The maximum atomic E-state index is 11.0. The number of rotatable bonds is 2. The summed E-state index contributed by atoms with van der Waals surface area (Å²) in [4.78, 5) is 11.0. The summed E-state index contributed by atoms with van der Waals surface area (Å²) in [5.41, 5.74) is 0.356. The fourth-order valence-corrected chi connectivity index (χ4v) is 0.729. The first-order chi connectivity index (χ1) is 5.24. The lowest BCUT2D eigenvalue weighted by atomic mass is 10.4. The highest BCUT2D eigenvalue weighted by molar-refractivity contribution is 5.86. The minimum absolute atomic E-state index is 0. The molecule has 0 aliphatic rings. The van der Waals surface area contributed by atoms with Gasteiger partial charge in [-0.25, -0.2) is 4.79 Å². The molecule has 1 aromatic rings. The van der Waals surface area contributed by atoms with Crippen molar-refractivity contribution in [1.82, 2.24) is 9.78 Å². The zero-order valence-electron chi connectivity index (χ0n) is 6.98. The molecule has 0 fully saturated rings. The van der Waals surface area contributed by atoms with E-state index in [0.717, 1.165) is 0 Å². The van der Waals surface area contributed by atoms with Crippen LogP contribution in [-0.4, -0.2) is 22.4 Å². The molecule has 0 spiro atoms. The van der Waals surface area contributed by atoms with Crippen LogP contribution in [0.4, 0.5) is 0 Å². The summed E-state index contributed by atoms with van der Waals surface area (Å²) in [6, 6.07) is 1.62. The van der Waals surface area contributed by atoms with Crippen molar-refractivity contribution in [3.63, 3.8) is 0 Å². The second-order valence-corrected chi connectivity index (χ2v) is 2.10. The molecule has 0 aliphatic carbocycles. The first kappa shape index (κ1) is 11.0. The molecule has 5 heteroatoms. The minimum Gasteiger partial charge on any atom is -0.461 e. The second-order valence-electron chi connectivity index (χ2n) is 2.10. The number of aryl methyl sites for hydroxylation is 1. The Morgan fingerprint density at radius 1 is 1.75 bits per heavy atom. The summed E-state index contributed by atoms with van der Waals surface area (Å²) in [7, 11) is 1.75. The predicted octanol–water partition coefficient (Wildman–Crippen LogP) is 1.02. The Morgan fingerprint density at radius 3 is 2.83 bits per heavy atom. The van der Waals surface area contributed by atoms with E-state index in [2.05, 4.69) is 5.10 Å². The van der Waals surface area contributed by atoms with Crippen LogP contribution in [0.25, 0.3) is 0 Å². The van der Waals surface area contributed by atoms with E-state index in [4.69, 9.17) is 4.74 Å². The minimum atomic E-state index is -0.367. The number of ether oxygens (including phenoxy) is 1. The molecule has 68 valence electrons. The average Bonchev–Trinajstić information content (AvgIpc) is 2.36. The fraction of sp³-hybridized carbons (Fsp3) is 0.429. The van der Waals surface area contributed by atoms with Crippen molar-refractivity contribution >= 4 is 18.4 Å². The topological polar surface area (TPSA) is 44.1 Å². The molecule has 0 saturated carbocycles. The van der Waals surface area contributed by atoms with Gasteiger partial charge in [0, 0.05) is 13.2 Å². The van der Waals surface area contributed by atoms with Crippen LogP contribution in [0, 0.1) is 0 Å². The van der Waals surface area contributed by atoms with Gasteiger partial charge < -0.3 is 4.74 Å². The van der Waals surface area contributed by atoms with E-state index in [1.807, 2.05) is 0 Å². The van der Waals surface area contributed by atoms with Gasteiger partial charge >= 0.3 is 5.97 Å².